The van der Waals surface area contributed by atoms with Crippen molar-refractivity contribution in [1.29, 1.82) is 0 Å². The summed E-state index contributed by atoms with van der Waals surface area (Å²) >= 11 is 2.55. The number of alkyl halides is 3. The Morgan fingerprint density at radius 1 is 1.17 bits per heavy atom. The van der Waals surface area contributed by atoms with Crippen LogP contribution in [0.25, 0.3) is 0 Å². The first-order valence-electron chi connectivity index (χ1n) is 9.35. The molecular weight excluding hydrogens is 463 g/mol. The number of benzene rings is 1. The van der Waals surface area contributed by atoms with Gasteiger partial charge in [-0.1, -0.05) is 44.2 Å². The summed E-state index contributed by atoms with van der Waals surface area (Å²) in [6, 6.07) is 14.2. The van der Waals surface area contributed by atoms with E-state index in [4.69, 9.17) is 9.47 Å². The summed E-state index contributed by atoms with van der Waals surface area (Å²) in [5.74, 6) is -0.792. The lowest BCUT2D eigenvalue weighted by atomic mass is 10.1. The number of carbonyl (C=O) groups is 1. The molecule has 1 heterocycles. The van der Waals surface area contributed by atoms with E-state index < -0.39 is 40.0 Å². The second-order valence-corrected chi connectivity index (χ2v) is 8.59. The van der Waals surface area contributed by atoms with E-state index in [-0.39, 0.29) is 0 Å². The number of aromatic nitrogens is 1. The molecule has 1 aliphatic carbocycles. The first-order chi connectivity index (χ1) is 14.0. The van der Waals surface area contributed by atoms with Gasteiger partial charge in [-0.25, -0.2) is 4.98 Å². The zero-order chi connectivity index (χ0) is 22.1. The minimum Gasteiger partial charge on any atom is -0.456 e. The third-order valence-electron chi connectivity index (χ3n) is 5.18. The van der Waals surface area contributed by atoms with Crippen LogP contribution in [0.3, 0.4) is 0 Å². The van der Waals surface area contributed by atoms with E-state index in [9.17, 15) is 18.0 Å². The van der Waals surface area contributed by atoms with Crippen LogP contribution in [0.2, 0.25) is 0 Å². The van der Waals surface area contributed by atoms with Crippen LogP contribution in [0, 0.1) is 17.3 Å². The standard InChI is InChI=1S/C22H21BrF3NO3/c1-13(16-10-7-11-18(27-16)30-14-8-5-4-6-9-14)29-20(28)19-15(21(19,2)3)12-17(23)22(24,25)26/h4-13,15,19H,1-3H3. The van der Waals surface area contributed by atoms with Crippen molar-refractivity contribution in [2.45, 2.75) is 33.1 Å². The van der Waals surface area contributed by atoms with Crippen molar-refractivity contribution in [3.63, 3.8) is 0 Å². The topological polar surface area (TPSA) is 48.4 Å². The molecule has 160 valence electrons. The van der Waals surface area contributed by atoms with E-state index in [1.54, 1.807) is 51.1 Å². The number of carbonyl (C=O) groups excluding carboxylic acids is 1. The minimum absolute atomic E-state index is 0.350. The maximum absolute atomic E-state index is 12.8. The molecule has 1 aromatic heterocycles. The molecule has 0 bridgehead atoms. The number of halogens is 4. The van der Waals surface area contributed by atoms with Crippen molar-refractivity contribution >= 4 is 21.9 Å². The molecule has 1 saturated carbocycles. The Balaban J connectivity index is 1.67. The molecule has 1 aromatic carbocycles. The Morgan fingerprint density at radius 3 is 2.47 bits per heavy atom. The Bertz CT molecular complexity index is 944. The van der Waals surface area contributed by atoms with Crippen molar-refractivity contribution in [1.82, 2.24) is 4.98 Å². The number of para-hydroxylation sites is 1. The van der Waals surface area contributed by atoms with Gasteiger partial charge in [0.1, 0.15) is 11.9 Å². The molecule has 3 rings (SSSR count). The number of esters is 1. The Kier molecular flexibility index (Phi) is 6.26. The number of pyridine rings is 1. The van der Waals surface area contributed by atoms with E-state index >= 15 is 0 Å². The molecule has 2 aromatic rings. The molecule has 0 saturated heterocycles. The highest BCUT2D eigenvalue weighted by molar-refractivity contribution is 9.11. The zero-order valence-electron chi connectivity index (χ0n) is 16.6. The van der Waals surface area contributed by atoms with E-state index in [1.165, 1.54) is 0 Å². The van der Waals surface area contributed by atoms with Crippen molar-refractivity contribution in [2.24, 2.45) is 17.3 Å². The predicted octanol–water partition coefficient (Wildman–Crippen LogP) is 6.59. The summed E-state index contributed by atoms with van der Waals surface area (Å²) in [5.41, 5.74) is -0.133. The van der Waals surface area contributed by atoms with Gasteiger partial charge in [-0.05, 0) is 52.4 Å². The summed E-state index contributed by atoms with van der Waals surface area (Å²) in [5, 5.41) is 0. The third-order valence-corrected chi connectivity index (χ3v) is 5.90. The molecule has 0 spiro atoms. The van der Waals surface area contributed by atoms with Gasteiger partial charge in [0, 0.05) is 6.07 Å². The first kappa shape index (κ1) is 22.3. The van der Waals surface area contributed by atoms with Gasteiger partial charge >= 0.3 is 12.1 Å². The molecule has 0 aliphatic heterocycles. The fourth-order valence-electron chi connectivity index (χ4n) is 3.32. The van der Waals surface area contributed by atoms with Gasteiger partial charge in [0.25, 0.3) is 0 Å². The molecule has 0 radical (unpaired) electrons. The molecule has 30 heavy (non-hydrogen) atoms. The van der Waals surface area contributed by atoms with Gasteiger partial charge in [0.05, 0.1) is 16.1 Å². The predicted molar refractivity (Wildman–Crippen MR) is 109 cm³/mol. The zero-order valence-corrected chi connectivity index (χ0v) is 18.2. The van der Waals surface area contributed by atoms with Crippen LogP contribution in [0.4, 0.5) is 13.2 Å². The molecule has 0 N–H and O–H groups in total. The van der Waals surface area contributed by atoms with Gasteiger partial charge in [-0.3, -0.25) is 4.79 Å². The SMILES string of the molecule is CC(OC(=O)C1C(C=C(Br)C(F)(F)F)C1(C)C)c1cccc(Oc2ccccc2)n1. The Hall–Kier alpha value is -2.35. The van der Waals surface area contributed by atoms with E-state index in [1.807, 2.05) is 18.2 Å². The molecule has 1 fully saturated rings. The normalized spacial score (nSPS) is 21.6. The largest absolute Gasteiger partial charge is 0.456 e. The fraction of sp³-hybridized carbons (Fsp3) is 0.364. The third kappa shape index (κ3) is 5.03. The molecule has 3 unspecified atom stereocenters. The van der Waals surface area contributed by atoms with E-state index in [2.05, 4.69) is 20.9 Å². The first-order valence-corrected chi connectivity index (χ1v) is 10.1. The summed E-state index contributed by atoms with van der Waals surface area (Å²) in [6.07, 6.45) is -4.11. The number of rotatable bonds is 6. The highest BCUT2D eigenvalue weighted by Gasteiger charge is 2.62. The van der Waals surface area contributed by atoms with Crippen LogP contribution < -0.4 is 4.74 Å². The quantitative estimate of drug-likeness (QED) is 0.434. The lowest BCUT2D eigenvalue weighted by Gasteiger charge is -2.14. The fourth-order valence-corrected chi connectivity index (χ4v) is 3.61. The van der Waals surface area contributed by atoms with Gasteiger partial charge in [0.2, 0.25) is 5.88 Å². The Morgan fingerprint density at radius 2 is 1.83 bits per heavy atom. The van der Waals surface area contributed by atoms with E-state index in [0.717, 1.165) is 6.08 Å². The van der Waals surface area contributed by atoms with Gasteiger partial charge < -0.3 is 9.47 Å². The molecule has 0 amide bonds. The lowest BCUT2D eigenvalue weighted by Crippen LogP contribution is -2.14. The van der Waals surface area contributed by atoms with Crippen molar-refractivity contribution < 1.29 is 27.4 Å². The minimum atomic E-state index is -4.48. The summed E-state index contributed by atoms with van der Waals surface area (Å²) < 4.78 is 48.7. The lowest BCUT2D eigenvalue weighted by molar-refractivity contribution is -0.151. The maximum Gasteiger partial charge on any atom is 0.422 e. The maximum atomic E-state index is 12.8. The van der Waals surface area contributed by atoms with Crippen LogP contribution in [0.15, 0.2) is 59.1 Å². The van der Waals surface area contributed by atoms with Crippen molar-refractivity contribution in [2.75, 3.05) is 0 Å². The summed E-state index contributed by atoms with van der Waals surface area (Å²) in [4.78, 5) is 17.0. The average molecular weight is 484 g/mol. The highest BCUT2D eigenvalue weighted by atomic mass is 79.9. The van der Waals surface area contributed by atoms with Crippen LogP contribution in [0.5, 0.6) is 11.6 Å². The van der Waals surface area contributed by atoms with Crippen LogP contribution in [-0.2, 0) is 9.53 Å². The van der Waals surface area contributed by atoms with Crippen molar-refractivity contribution in [3.05, 3.63) is 64.8 Å². The number of nitrogens with zero attached hydrogens (tertiary/aromatic N) is 1. The van der Waals surface area contributed by atoms with Crippen LogP contribution in [-0.4, -0.2) is 17.1 Å². The molecule has 3 atom stereocenters. The van der Waals surface area contributed by atoms with Gasteiger partial charge in [0.15, 0.2) is 0 Å². The molecular formula is C22H21BrF3NO3. The van der Waals surface area contributed by atoms with Crippen LogP contribution in [0.1, 0.15) is 32.6 Å². The smallest absolute Gasteiger partial charge is 0.422 e. The number of hydrogen-bond acceptors (Lipinski definition) is 4. The van der Waals surface area contributed by atoms with Gasteiger partial charge in [-0.2, -0.15) is 13.2 Å². The summed E-state index contributed by atoms with van der Waals surface area (Å²) in [7, 11) is 0. The molecule has 1 aliphatic rings. The number of allylic oxidation sites excluding steroid dienone is 2. The monoisotopic (exact) mass is 483 g/mol. The highest BCUT2D eigenvalue weighted by Crippen LogP contribution is 2.60. The number of hydrogen-bond donors (Lipinski definition) is 0. The number of ether oxygens (including phenoxy) is 2. The van der Waals surface area contributed by atoms with Crippen molar-refractivity contribution in [3.8, 4) is 11.6 Å². The Labute approximate surface area is 181 Å². The van der Waals surface area contributed by atoms with Crippen LogP contribution >= 0.6 is 15.9 Å². The average Bonchev–Trinajstić information content (AvgIpc) is 3.22. The second-order valence-electron chi connectivity index (χ2n) is 7.73. The van der Waals surface area contributed by atoms with Gasteiger partial charge in [-0.15, -0.1) is 0 Å². The molecule has 8 heteroatoms. The molecule has 4 nitrogen and oxygen atoms in total. The van der Waals surface area contributed by atoms with E-state index in [0.29, 0.717) is 17.3 Å². The second kappa shape index (κ2) is 8.41. The summed E-state index contributed by atoms with van der Waals surface area (Å²) in [6.45, 7) is 5.15.